The third kappa shape index (κ3) is 5.32. The number of benzene rings is 5. The maximum atomic E-state index is 14.4. The molecular weight excluding hydrogens is 588 g/mol. The first-order valence-electron chi connectivity index (χ1n) is 11.7. The van der Waals surface area contributed by atoms with Crippen LogP contribution >= 0.6 is 15.9 Å². The lowest BCUT2D eigenvalue weighted by Crippen LogP contribution is -2.15. The molecule has 5 aromatic carbocycles. The van der Waals surface area contributed by atoms with Crippen LogP contribution in [0, 0.1) is 11.6 Å². The van der Waals surface area contributed by atoms with Gasteiger partial charge in [0.25, 0.3) is 10.0 Å². The van der Waals surface area contributed by atoms with Crippen molar-refractivity contribution in [1.82, 2.24) is 0 Å². The minimum atomic E-state index is -4.41. The van der Waals surface area contributed by atoms with Crippen LogP contribution in [0.1, 0.15) is 0 Å². The second-order valence-corrected chi connectivity index (χ2v) is 11.2. The van der Waals surface area contributed by atoms with Crippen molar-refractivity contribution >= 4 is 42.4 Å². The summed E-state index contributed by atoms with van der Waals surface area (Å²) < 4.78 is 67.4. The Kier molecular flexibility index (Phi) is 7.29. The van der Waals surface area contributed by atoms with E-state index in [1.54, 1.807) is 26.4 Å². The fourth-order valence-corrected chi connectivity index (χ4v) is 5.86. The Balaban J connectivity index is 1.57. The van der Waals surface area contributed by atoms with Gasteiger partial charge in [0, 0.05) is 11.3 Å². The normalized spacial score (nSPS) is 11.4. The molecule has 0 aromatic heterocycles. The van der Waals surface area contributed by atoms with E-state index in [2.05, 4.69) is 26.7 Å². The van der Waals surface area contributed by atoms with E-state index in [1.165, 1.54) is 6.07 Å². The van der Waals surface area contributed by atoms with Gasteiger partial charge in [0.15, 0.2) is 0 Å². The number of anilines is 1. The molecule has 0 heterocycles. The lowest BCUT2D eigenvalue weighted by Gasteiger charge is -2.15. The van der Waals surface area contributed by atoms with Crippen LogP contribution in [0.5, 0.6) is 11.5 Å². The van der Waals surface area contributed by atoms with Crippen LogP contribution < -0.4 is 14.2 Å². The predicted octanol–water partition coefficient (Wildman–Crippen LogP) is 8.03. The second kappa shape index (κ2) is 10.7. The standard InChI is InChI=1S/C30H22BrF2NO4S/c1-37-23-8-4-5-18(15-23)19-9-11-24-20(13-19)10-12-28(38-2)30(24)21-6-3-7-22(14-21)34-39(35,36)29-17-26(32)25(31)16-27(29)33/h3-17,34H,1-2H3. The Morgan fingerprint density at radius 1 is 0.744 bits per heavy atom. The molecule has 0 aliphatic heterocycles. The molecule has 1 N–H and O–H groups in total. The highest BCUT2D eigenvalue weighted by atomic mass is 79.9. The van der Waals surface area contributed by atoms with Crippen LogP contribution in [0.15, 0.2) is 100 Å². The van der Waals surface area contributed by atoms with Crippen molar-refractivity contribution in [3.05, 3.63) is 107 Å². The molecule has 5 nitrogen and oxygen atoms in total. The first-order chi connectivity index (χ1) is 18.7. The molecule has 0 bridgehead atoms. The molecule has 9 heteroatoms. The van der Waals surface area contributed by atoms with Crippen LogP contribution in [0.25, 0.3) is 33.0 Å². The molecule has 0 spiro atoms. The summed E-state index contributed by atoms with van der Waals surface area (Å²) in [6.07, 6.45) is 0. The van der Waals surface area contributed by atoms with Crippen LogP contribution in [0.3, 0.4) is 0 Å². The molecule has 0 saturated carbocycles. The van der Waals surface area contributed by atoms with E-state index >= 15 is 0 Å². The van der Waals surface area contributed by atoms with Crippen molar-refractivity contribution in [2.45, 2.75) is 4.90 Å². The highest BCUT2D eigenvalue weighted by Crippen LogP contribution is 2.40. The summed E-state index contributed by atoms with van der Waals surface area (Å²) in [6.45, 7) is 0. The molecule has 0 atom stereocenters. The van der Waals surface area contributed by atoms with Crippen molar-refractivity contribution in [3.63, 3.8) is 0 Å². The summed E-state index contributed by atoms with van der Waals surface area (Å²) in [5.41, 5.74) is 3.62. The number of halogens is 3. The molecule has 0 saturated heterocycles. The van der Waals surface area contributed by atoms with Crippen LogP contribution in [-0.4, -0.2) is 22.6 Å². The van der Waals surface area contributed by atoms with E-state index in [1.807, 2.05) is 54.6 Å². The summed E-state index contributed by atoms with van der Waals surface area (Å²) in [5, 5.41) is 1.84. The van der Waals surface area contributed by atoms with E-state index in [0.29, 0.717) is 17.4 Å². The van der Waals surface area contributed by atoms with E-state index in [0.717, 1.165) is 39.3 Å². The third-order valence-electron chi connectivity index (χ3n) is 6.27. The summed E-state index contributed by atoms with van der Waals surface area (Å²) in [6, 6.07) is 25.7. The Morgan fingerprint density at radius 3 is 2.26 bits per heavy atom. The molecule has 5 rings (SSSR count). The molecule has 0 amide bonds. The van der Waals surface area contributed by atoms with Gasteiger partial charge in [-0.15, -0.1) is 0 Å². The maximum absolute atomic E-state index is 14.4. The zero-order chi connectivity index (χ0) is 27.7. The molecular formula is C30H22BrF2NO4S. The monoisotopic (exact) mass is 609 g/mol. The summed E-state index contributed by atoms with van der Waals surface area (Å²) in [5.74, 6) is -0.612. The van der Waals surface area contributed by atoms with E-state index in [-0.39, 0.29) is 10.2 Å². The Bertz CT molecular complexity index is 1830. The van der Waals surface area contributed by atoms with E-state index in [4.69, 9.17) is 9.47 Å². The zero-order valence-corrected chi connectivity index (χ0v) is 23.2. The smallest absolute Gasteiger partial charge is 0.264 e. The SMILES string of the molecule is COc1cccc(-c2ccc3c(-c4cccc(NS(=O)(=O)c5cc(F)c(Br)cc5F)c4)c(OC)ccc3c2)c1. The maximum Gasteiger partial charge on any atom is 0.264 e. The van der Waals surface area contributed by atoms with Crippen LogP contribution in [-0.2, 0) is 10.0 Å². The Hall–Kier alpha value is -3.95. The van der Waals surface area contributed by atoms with E-state index < -0.39 is 26.6 Å². The van der Waals surface area contributed by atoms with Gasteiger partial charge in [0.1, 0.15) is 28.0 Å². The van der Waals surface area contributed by atoms with Gasteiger partial charge in [-0.2, -0.15) is 0 Å². The largest absolute Gasteiger partial charge is 0.497 e. The molecule has 0 aliphatic rings. The average Bonchev–Trinajstić information content (AvgIpc) is 2.93. The van der Waals surface area contributed by atoms with Crippen LogP contribution in [0.2, 0.25) is 0 Å². The van der Waals surface area contributed by atoms with Crippen molar-refractivity contribution in [2.24, 2.45) is 0 Å². The van der Waals surface area contributed by atoms with Crippen molar-refractivity contribution in [3.8, 4) is 33.8 Å². The zero-order valence-electron chi connectivity index (χ0n) is 20.8. The summed E-state index contributed by atoms with van der Waals surface area (Å²) in [4.78, 5) is -0.790. The fraction of sp³-hybridized carbons (Fsp3) is 0.0667. The predicted molar refractivity (Wildman–Crippen MR) is 153 cm³/mol. The van der Waals surface area contributed by atoms with Crippen molar-refractivity contribution in [1.29, 1.82) is 0 Å². The Labute approximate surface area is 233 Å². The molecule has 5 aromatic rings. The number of hydrogen-bond acceptors (Lipinski definition) is 4. The third-order valence-corrected chi connectivity index (χ3v) is 8.28. The quantitative estimate of drug-likeness (QED) is 0.190. The van der Waals surface area contributed by atoms with Gasteiger partial charge < -0.3 is 9.47 Å². The van der Waals surface area contributed by atoms with Gasteiger partial charge >= 0.3 is 0 Å². The van der Waals surface area contributed by atoms with Gasteiger partial charge in [0.05, 0.1) is 18.7 Å². The minimum Gasteiger partial charge on any atom is -0.497 e. The molecule has 0 radical (unpaired) electrons. The number of methoxy groups -OCH3 is 2. The second-order valence-electron chi connectivity index (χ2n) is 8.69. The number of ether oxygens (including phenoxy) is 2. The molecule has 0 unspecified atom stereocenters. The number of rotatable bonds is 7. The number of sulfonamides is 1. The summed E-state index contributed by atoms with van der Waals surface area (Å²) in [7, 11) is -1.22. The topological polar surface area (TPSA) is 64.6 Å². The molecule has 39 heavy (non-hydrogen) atoms. The van der Waals surface area contributed by atoms with Crippen molar-refractivity contribution in [2.75, 3.05) is 18.9 Å². The molecule has 198 valence electrons. The van der Waals surface area contributed by atoms with Gasteiger partial charge in [-0.1, -0.05) is 42.5 Å². The summed E-state index contributed by atoms with van der Waals surface area (Å²) >= 11 is 2.86. The lowest BCUT2D eigenvalue weighted by atomic mass is 9.94. The first kappa shape index (κ1) is 26.6. The fourth-order valence-electron chi connectivity index (χ4n) is 4.42. The van der Waals surface area contributed by atoms with Crippen LogP contribution in [0.4, 0.5) is 14.5 Å². The number of nitrogens with one attached hydrogen (secondary N) is 1. The van der Waals surface area contributed by atoms with Gasteiger partial charge in [-0.3, -0.25) is 4.72 Å². The highest BCUT2D eigenvalue weighted by molar-refractivity contribution is 9.10. The first-order valence-corrected chi connectivity index (χ1v) is 14.0. The van der Waals surface area contributed by atoms with Gasteiger partial charge in [-0.05, 0) is 91.9 Å². The lowest BCUT2D eigenvalue weighted by molar-refractivity contribution is 0.415. The number of hydrogen-bond donors (Lipinski definition) is 1. The van der Waals surface area contributed by atoms with Crippen molar-refractivity contribution < 1.29 is 26.7 Å². The highest BCUT2D eigenvalue weighted by Gasteiger charge is 2.22. The molecule has 0 aliphatic carbocycles. The Morgan fingerprint density at radius 2 is 1.49 bits per heavy atom. The minimum absolute atomic E-state index is 0.168. The van der Waals surface area contributed by atoms with Gasteiger partial charge in [-0.25, -0.2) is 17.2 Å². The average molecular weight is 610 g/mol. The molecule has 0 fully saturated rings. The van der Waals surface area contributed by atoms with Gasteiger partial charge in [0.2, 0.25) is 0 Å². The van der Waals surface area contributed by atoms with E-state index in [9.17, 15) is 17.2 Å². The number of fused-ring (bicyclic) bond motifs is 1.